The first-order valence-corrected chi connectivity index (χ1v) is 6.73. The van der Waals surface area contributed by atoms with Crippen molar-refractivity contribution >= 4 is 17.4 Å². The number of aryl methyl sites for hydroxylation is 1. The third kappa shape index (κ3) is 4.50. The molecular weight excluding hydrogens is 256 g/mol. The van der Waals surface area contributed by atoms with Crippen molar-refractivity contribution in [2.24, 2.45) is 5.92 Å². The third-order valence-electron chi connectivity index (χ3n) is 2.37. The minimum absolute atomic E-state index is 0.0803. The van der Waals surface area contributed by atoms with Gasteiger partial charge in [0.15, 0.2) is 0 Å². The molecule has 0 aliphatic carbocycles. The van der Waals surface area contributed by atoms with E-state index in [0.717, 1.165) is 5.75 Å². The van der Waals surface area contributed by atoms with Gasteiger partial charge in [-0.25, -0.2) is 0 Å². The van der Waals surface area contributed by atoms with Crippen molar-refractivity contribution in [1.82, 2.24) is 4.57 Å². The molecule has 6 nitrogen and oxygen atoms in total. The molecule has 1 aromatic heterocycles. The fourth-order valence-corrected chi connectivity index (χ4v) is 2.30. The second kappa shape index (κ2) is 7.17. The lowest BCUT2D eigenvalue weighted by molar-refractivity contribution is -0.385. The van der Waals surface area contributed by atoms with Crippen LogP contribution in [-0.4, -0.2) is 32.7 Å². The first-order chi connectivity index (χ1) is 8.54. The summed E-state index contributed by atoms with van der Waals surface area (Å²) in [7, 11) is 0. The number of nitro groups is 1. The zero-order chi connectivity index (χ0) is 13.5. The van der Waals surface area contributed by atoms with Gasteiger partial charge in [0, 0.05) is 31.0 Å². The molecule has 18 heavy (non-hydrogen) atoms. The third-order valence-corrected chi connectivity index (χ3v) is 3.65. The summed E-state index contributed by atoms with van der Waals surface area (Å²) >= 11 is 1.61. The van der Waals surface area contributed by atoms with Crippen LogP contribution in [-0.2, 0) is 6.54 Å². The maximum absolute atomic E-state index is 11.5. The molecule has 0 fully saturated rings. The highest BCUT2D eigenvalue weighted by atomic mass is 32.2. The van der Waals surface area contributed by atoms with Gasteiger partial charge in [-0.05, 0) is 11.7 Å². The maximum Gasteiger partial charge on any atom is 0.285 e. The van der Waals surface area contributed by atoms with Crippen LogP contribution in [0, 0.1) is 16.0 Å². The molecule has 0 aliphatic rings. The first kappa shape index (κ1) is 14.7. The molecular formula is C11H16N2O4S. The van der Waals surface area contributed by atoms with Gasteiger partial charge in [-0.1, -0.05) is 6.92 Å². The zero-order valence-corrected chi connectivity index (χ0v) is 10.9. The Hall–Kier alpha value is -1.34. The van der Waals surface area contributed by atoms with Crippen LogP contribution in [0.4, 0.5) is 5.69 Å². The molecule has 1 aromatic rings. The Bertz CT molecular complexity index is 461. The molecule has 0 saturated heterocycles. The summed E-state index contributed by atoms with van der Waals surface area (Å²) in [6.45, 7) is 2.51. The number of rotatable bonds is 7. The SMILES string of the molecule is CC(CO)CSCCn1cc([N+](=O)[O-])ccc1=O. The average molecular weight is 272 g/mol. The van der Waals surface area contributed by atoms with E-state index in [4.69, 9.17) is 5.11 Å². The Morgan fingerprint density at radius 3 is 2.89 bits per heavy atom. The molecule has 7 heteroatoms. The van der Waals surface area contributed by atoms with Gasteiger partial charge in [-0.2, -0.15) is 11.8 Å². The fourth-order valence-electron chi connectivity index (χ4n) is 1.30. The Kier molecular flexibility index (Phi) is 5.87. The molecule has 1 unspecified atom stereocenters. The lowest BCUT2D eigenvalue weighted by atomic mass is 10.2. The van der Waals surface area contributed by atoms with E-state index in [-0.39, 0.29) is 23.8 Å². The van der Waals surface area contributed by atoms with Crippen LogP contribution in [0.3, 0.4) is 0 Å². The first-order valence-electron chi connectivity index (χ1n) is 5.58. The van der Waals surface area contributed by atoms with Crippen LogP contribution in [0.2, 0.25) is 0 Å². The summed E-state index contributed by atoms with van der Waals surface area (Å²) in [5.74, 6) is 1.71. The molecule has 100 valence electrons. The molecule has 1 rings (SSSR count). The Labute approximate surface area is 109 Å². The number of aliphatic hydroxyl groups is 1. The molecule has 0 aromatic carbocycles. The van der Waals surface area contributed by atoms with Crippen molar-refractivity contribution in [3.63, 3.8) is 0 Å². The molecule has 0 bridgehead atoms. The molecule has 0 aliphatic heterocycles. The van der Waals surface area contributed by atoms with E-state index in [1.165, 1.54) is 22.9 Å². The van der Waals surface area contributed by atoms with Gasteiger partial charge in [-0.15, -0.1) is 0 Å². The van der Waals surface area contributed by atoms with Crippen LogP contribution in [0.1, 0.15) is 6.92 Å². The minimum Gasteiger partial charge on any atom is -0.396 e. The number of nitrogens with zero attached hydrogens (tertiary/aromatic N) is 2. The quantitative estimate of drug-likeness (QED) is 0.456. The number of hydrogen-bond donors (Lipinski definition) is 1. The van der Waals surface area contributed by atoms with Crippen molar-refractivity contribution in [1.29, 1.82) is 0 Å². The lowest BCUT2D eigenvalue weighted by Gasteiger charge is -2.08. The molecule has 0 spiro atoms. The summed E-state index contributed by atoms with van der Waals surface area (Å²) in [5.41, 5.74) is -0.320. The molecule has 0 amide bonds. The van der Waals surface area contributed by atoms with E-state index >= 15 is 0 Å². The van der Waals surface area contributed by atoms with Gasteiger partial charge in [0.2, 0.25) is 0 Å². The second-order valence-corrected chi connectivity index (χ2v) is 5.19. The Balaban J connectivity index is 2.54. The van der Waals surface area contributed by atoms with Crippen molar-refractivity contribution in [2.75, 3.05) is 18.1 Å². The Morgan fingerprint density at radius 2 is 2.28 bits per heavy atom. The van der Waals surface area contributed by atoms with E-state index < -0.39 is 4.92 Å². The van der Waals surface area contributed by atoms with E-state index in [9.17, 15) is 14.9 Å². The van der Waals surface area contributed by atoms with Crippen LogP contribution in [0.15, 0.2) is 23.1 Å². The highest BCUT2D eigenvalue weighted by Gasteiger charge is 2.07. The van der Waals surface area contributed by atoms with Crippen molar-refractivity contribution in [2.45, 2.75) is 13.5 Å². The monoisotopic (exact) mass is 272 g/mol. The molecule has 1 N–H and O–H groups in total. The number of pyridine rings is 1. The number of aliphatic hydroxyl groups excluding tert-OH is 1. The molecule has 1 atom stereocenters. The summed E-state index contributed by atoms with van der Waals surface area (Å²) < 4.78 is 1.34. The van der Waals surface area contributed by atoms with Gasteiger partial charge in [-0.3, -0.25) is 14.9 Å². The predicted molar refractivity (Wildman–Crippen MR) is 70.9 cm³/mol. The van der Waals surface area contributed by atoms with E-state index in [2.05, 4.69) is 0 Å². The highest BCUT2D eigenvalue weighted by molar-refractivity contribution is 7.99. The number of thioether (sulfide) groups is 1. The largest absolute Gasteiger partial charge is 0.396 e. The van der Waals surface area contributed by atoms with Crippen molar-refractivity contribution < 1.29 is 10.0 Å². The topological polar surface area (TPSA) is 85.4 Å². The Morgan fingerprint density at radius 1 is 1.56 bits per heavy atom. The number of aromatic nitrogens is 1. The van der Waals surface area contributed by atoms with Gasteiger partial charge in [0.25, 0.3) is 11.2 Å². The minimum atomic E-state index is -0.517. The normalized spacial score (nSPS) is 12.3. The summed E-state index contributed by atoms with van der Waals surface area (Å²) in [4.78, 5) is 21.5. The average Bonchev–Trinajstić information content (AvgIpc) is 2.35. The van der Waals surface area contributed by atoms with Crippen molar-refractivity contribution in [3.05, 3.63) is 38.8 Å². The number of hydrogen-bond acceptors (Lipinski definition) is 5. The predicted octanol–water partition coefficient (Wildman–Crippen LogP) is 1.12. The summed E-state index contributed by atoms with van der Waals surface area (Å²) in [6.07, 6.45) is 1.26. The fraction of sp³-hybridized carbons (Fsp3) is 0.545. The van der Waals surface area contributed by atoms with E-state index in [0.29, 0.717) is 12.3 Å². The van der Waals surface area contributed by atoms with Crippen LogP contribution in [0.25, 0.3) is 0 Å². The van der Waals surface area contributed by atoms with E-state index in [1.54, 1.807) is 11.8 Å². The smallest absolute Gasteiger partial charge is 0.285 e. The lowest BCUT2D eigenvalue weighted by Crippen LogP contribution is -2.20. The van der Waals surface area contributed by atoms with Crippen LogP contribution >= 0.6 is 11.8 Å². The van der Waals surface area contributed by atoms with Crippen LogP contribution in [0.5, 0.6) is 0 Å². The highest BCUT2D eigenvalue weighted by Crippen LogP contribution is 2.10. The van der Waals surface area contributed by atoms with E-state index in [1.807, 2.05) is 6.92 Å². The van der Waals surface area contributed by atoms with Gasteiger partial charge >= 0.3 is 0 Å². The van der Waals surface area contributed by atoms with Gasteiger partial charge in [0.05, 0.1) is 11.1 Å². The zero-order valence-electron chi connectivity index (χ0n) is 10.1. The van der Waals surface area contributed by atoms with Crippen LogP contribution < -0.4 is 5.56 Å². The molecule has 0 radical (unpaired) electrons. The maximum atomic E-state index is 11.5. The summed E-state index contributed by atoms with van der Waals surface area (Å²) in [6, 6.07) is 2.42. The molecule has 0 saturated carbocycles. The van der Waals surface area contributed by atoms with Gasteiger partial charge < -0.3 is 9.67 Å². The van der Waals surface area contributed by atoms with Gasteiger partial charge in [0.1, 0.15) is 0 Å². The van der Waals surface area contributed by atoms with Crippen molar-refractivity contribution in [3.8, 4) is 0 Å². The second-order valence-electron chi connectivity index (χ2n) is 4.04. The standard InChI is InChI=1S/C11H16N2O4S/c1-9(7-14)8-18-5-4-12-6-10(13(16)17)2-3-11(12)15/h2-3,6,9,14H,4-5,7-8H2,1H3. The summed E-state index contributed by atoms with van der Waals surface area (Å²) in [5, 5.41) is 19.4. The molecule has 1 heterocycles.